The number of hydrogen-bond donors (Lipinski definition) is 2. The van der Waals surface area contributed by atoms with E-state index in [9.17, 15) is 4.39 Å². The fourth-order valence-corrected chi connectivity index (χ4v) is 0.635. The van der Waals surface area contributed by atoms with E-state index in [-0.39, 0.29) is 58.6 Å². The van der Waals surface area contributed by atoms with E-state index in [1.165, 1.54) is 12.1 Å². The van der Waals surface area contributed by atoms with E-state index in [1.54, 1.807) is 0 Å². The molecule has 0 saturated carbocycles. The van der Waals surface area contributed by atoms with Crippen LogP contribution in [-0.2, 0) is 0 Å². The predicted molar refractivity (Wildman–Crippen MR) is 38.3 cm³/mol. The molecular formula is C6H7BFKO3. The van der Waals surface area contributed by atoms with Gasteiger partial charge in [0.15, 0.2) is 0 Å². The molecule has 0 fully saturated rings. The minimum absolute atomic E-state index is 0. The van der Waals surface area contributed by atoms with Gasteiger partial charge in [0, 0.05) is 0 Å². The summed E-state index contributed by atoms with van der Waals surface area (Å²) in [6, 6.07) is 4.93. The first-order valence-corrected chi connectivity index (χ1v) is 2.97. The summed E-state index contributed by atoms with van der Waals surface area (Å²) in [4.78, 5) is 0. The average molecular weight is 196 g/mol. The average Bonchev–Trinajstić information content (AvgIpc) is 1.93. The quantitative estimate of drug-likeness (QED) is 0.505. The molecule has 0 bridgehead atoms. The van der Waals surface area contributed by atoms with E-state index >= 15 is 0 Å². The van der Waals surface area contributed by atoms with Crippen LogP contribution >= 0.6 is 0 Å². The molecule has 0 heterocycles. The molecule has 1 aromatic carbocycles. The Bertz CT molecular complexity index is 234. The second-order valence-electron chi connectivity index (χ2n) is 1.90. The maximum absolute atomic E-state index is 12.2. The van der Waals surface area contributed by atoms with E-state index in [1.807, 2.05) is 0 Å². The Balaban J connectivity index is 0. The molecule has 60 valence electrons. The molecule has 0 atom stereocenters. The fourth-order valence-electron chi connectivity index (χ4n) is 0.635. The molecule has 3 nitrogen and oxygen atoms in total. The van der Waals surface area contributed by atoms with E-state index in [0.717, 1.165) is 12.1 Å². The summed E-state index contributed by atoms with van der Waals surface area (Å²) < 4.78 is 16.7. The van der Waals surface area contributed by atoms with Crippen molar-refractivity contribution in [2.45, 2.75) is 0 Å². The molecule has 0 aliphatic carbocycles. The Morgan fingerprint density at radius 2 is 1.75 bits per heavy atom. The van der Waals surface area contributed by atoms with Gasteiger partial charge in [-0.25, -0.2) is 4.39 Å². The van der Waals surface area contributed by atoms with Gasteiger partial charge in [0.25, 0.3) is 0 Å². The van der Waals surface area contributed by atoms with E-state index in [4.69, 9.17) is 10.0 Å². The largest absolute Gasteiger partial charge is 1.00 e. The van der Waals surface area contributed by atoms with Crippen molar-refractivity contribution >= 4 is 7.32 Å². The maximum atomic E-state index is 12.2. The van der Waals surface area contributed by atoms with E-state index < -0.39 is 13.1 Å². The third kappa shape index (κ3) is 4.56. The van der Waals surface area contributed by atoms with Gasteiger partial charge in [0.2, 0.25) is 0 Å². The molecular weight excluding hydrogens is 189 g/mol. The maximum Gasteiger partial charge on any atom is 1.00 e. The smallest absolute Gasteiger partial charge is 1.00 e. The first kappa shape index (κ1) is 12.6. The molecule has 1 rings (SSSR count). The van der Waals surface area contributed by atoms with Crippen molar-refractivity contribution < 1.29 is 71.9 Å². The van der Waals surface area contributed by atoms with Crippen molar-refractivity contribution in [1.29, 1.82) is 0 Å². The fraction of sp³-hybridized carbons (Fsp3) is 0. The van der Waals surface area contributed by atoms with Crippen molar-refractivity contribution in [2.24, 2.45) is 0 Å². The molecule has 0 amide bonds. The van der Waals surface area contributed by atoms with Crippen LogP contribution in [-0.4, -0.2) is 17.4 Å². The molecule has 0 aromatic heterocycles. The molecule has 6 heteroatoms. The zero-order chi connectivity index (χ0) is 8.27. The van der Waals surface area contributed by atoms with Crippen molar-refractivity contribution in [3.8, 4) is 5.75 Å². The summed E-state index contributed by atoms with van der Waals surface area (Å²) in [7, 11) is -1.86. The zero-order valence-corrected chi connectivity index (χ0v) is 9.69. The van der Waals surface area contributed by atoms with E-state index in [0.29, 0.717) is 0 Å². The summed E-state index contributed by atoms with van der Waals surface area (Å²) >= 11 is 0. The van der Waals surface area contributed by atoms with Crippen LogP contribution in [0, 0.1) is 5.82 Å². The van der Waals surface area contributed by atoms with Gasteiger partial charge in [0.05, 0.1) is 0 Å². The normalized spacial score (nSPS) is 8.58. The van der Waals surface area contributed by atoms with E-state index in [2.05, 4.69) is 4.65 Å². The van der Waals surface area contributed by atoms with Gasteiger partial charge in [-0.3, -0.25) is 0 Å². The minimum atomic E-state index is -1.86. The Kier molecular flexibility index (Phi) is 6.38. The Morgan fingerprint density at radius 3 is 2.17 bits per heavy atom. The van der Waals surface area contributed by atoms with Crippen LogP contribution in [0.2, 0.25) is 0 Å². The van der Waals surface area contributed by atoms with Crippen LogP contribution in [0.25, 0.3) is 0 Å². The SMILES string of the molecule is OB(O)Oc1ccc(F)cc1.[H-].[K+]. The molecule has 0 unspecified atom stereocenters. The first-order valence-electron chi connectivity index (χ1n) is 2.97. The second kappa shape index (κ2) is 6.09. The summed E-state index contributed by atoms with van der Waals surface area (Å²) in [6.07, 6.45) is 0. The Hall–Kier alpha value is 0.571. The third-order valence-corrected chi connectivity index (χ3v) is 1.06. The summed E-state index contributed by atoms with van der Waals surface area (Å²) in [5.41, 5.74) is 0. The molecule has 12 heavy (non-hydrogen) atoms. The van der Waals surface area contributed by atoms with Gasteiger partial charge in [-0.15, -0.1) is 0 Å². The van der Waals surface area contributed by atoms with Crippen LogP contribution < -0.4 is 56.0 Å². The Morgan fingerprint density at radius 1 is 1.25 bits per heavy atom. The minimum Gasteiger partial charge on any atom is -1.00 e. The van der Waals surface area contributed by atoms with Crippen molar-refractivity contribution in [3.63, 3.8) is 0 Å². The van der Waals surface area contributed by atoms with Gasteiger partial charge in [-0.05, 0) is 24.3 Å². The van der Waals surface area contributed by atoms with Crippen molar-refractivity contribution in [1.82, 2.24) is 0 Å². The van der Waals surface area contributed by atoms with Crippen LogP contribution in [0.1, 0.15) is 1.43 Å². The molecule has 0 aliphatic rings. The van der Waals surface area contributed by atoms with Crippen molar-refractivity contribution in [3.05, 3.63) is 30.1 Å². The van der Waals surface area contributed by atoms with Crippen LogP contribution in [0.4, 0.5) is 4.39 Å². The Labute approximate surface area is 114 Å². The van der Waals surface area contributed by atoms with Gasteiger partial charge >= 0.3 is 58.7 Å². The molecule has 0 spiro atoms. The number of benzene rings is 1. The molecule has 0 radical (unpaired) electrons. The summed E-state index contributed by atoms with van der Waals surface area (Å²) in [5.74, 6) is -0.189. The van der Waals surface area contributed by atoms with Crippen LogP contribution in [0.3, 0.4) is 0 Å². The van der Waals surface area contributed by atoms with Crippen molar-refractivity contribution in [2.75, 3.05) is 0 Å². The zero-order valence-electron chi connectivity index (χ0n) is 7.57. The van der Waals surface area contributed by atoms with Gasteiger partial charge in [-0.1, -0.05) is 0 Å². The van der Waals surface area contributed by atoms with Gasteiger partial charge in [-0.2, -0.15) is 0 Å². The standard InChI is InChI=1S/C6H6BFO3.K.H/c8-5-1-3-6(4-2-5)11-7(9)10;;/h1-4,9-10H;;/q;+1;-1. The molecule has 2 N–H and O–H groups in total. The first-order chi connectivity index (χ1) is 5.18. The van der Waals surface area contributed by atoms with Crippen LogP contribution in [0.15, 0.2) is 24.3 Å². The molecule has 1 aromatic rings. The second-order valence-corrected chi connectivity index (χ2v) is 1.90. The summed E-state index contributed by atoms with van der Waals surface area (Å²) in [5, 5.41) is 16.6. The topological polar surface area (TPSA) is 49.7 Å². The third-order valence-electron chi connectivity index (χ3n) is 1.06. The number of rotatable bonds is 2. The van der Waals surface area contributed by atoms with Gasteiger partial charge in [0.1, 0.15) is 11.6 Å². The summed E-state index contributed by atoms with van der Waals surface area (Å²) in [6.45, 7) is 0. The number of halogens is 1. The predicted octanol–water partition coefficient (Wildman–Crippen LogP) is -2.71. The monoisotopic (exact) mass is 196 g/mol. The molecule has 0 aliphatic heterocycles. The number of hydrogen-bond acceptors (Lipinski definition) is 3. The van der Waals surface area contributed by atoms with Crippen LogP contribution in [0.5, 0.6) is 5.75 Å². The molecule has 0 saturated heterocycles. The van der Waals surface area contributed by atoms with Gasteiger partial charge < -0.3 is 16.1 Å².